The summed E-state index contributed by atoms with van der Waals surface area (Å²) in [5, 5.41) is 9.50. The van der Waals surface area contributed by atoms with Crippen LogP contribution in [0.3, 0.4) is 0 Å². The zero-order valence-electron chi connectivity index (χ0n) is 13.9. The van der Waals surface area contributed by atoms with E-state index in [1.807, 2.05) is 48.5 Å². The van der Waals surface area contributed by atoms with Crippen molar-refractivity contribution in [3.8, 4) is 0 Å². The van der Waals surface area contributed by atoms with E-state index < -0.39 is 0 Å². The summed E-state index contributed by atoms with van der Waals surface area (Å²) in [4.78, 5) is 28.2. The predicted octanol–water partition coefficient (Wildman–Crippen LogP) is 3.03. The average Bonchev–Trinajstić information content (AvgIpc) is 3.12. The molecule has 0 bridgehead atoms. The molecule has 0 aliphatic rings. The summed E-state index contributed by atoms with van der Waals surface area (Å²) in [6.07, 6.45) is 4.59. The van der Waals surface area contributed by atoms with E-state index in [4.69, 9.17) is 0 Å². The Balaban J connectivity index is 1.59. The van der Waals surface area contributed by atoms with Crippen LogP contribution < -0.4 is 10.6 Å². The van der Waals surface area contributed by atoms with Gasteiger partial charge in [-0.05, 0) is 24.3 Å². The number of nitrogens with zero attached hydrogens (tertiary/aromatic N) is 3. The quantitative estimate of drug-likeness (QED) is 0.717. The minimum atomic E-state index is -0.382. The van der Waals surface area contributed by atoms with Gasteiger partial charge in [-0.2, -0.15) is 5.10 Å². The Hall–Kier alpha value is -3.74. The molecule has 3 aromatic rings. The van der Waals surface area contributed by atoms with Crippen LogP contribution in [0.2, 0.25) is 0 Å². The van der Waals surface area contributed by atoms with Crippen molar-refractivity contribution in [1.82, 2.24) is 14.8 Å². The number of anilines is 2. The molecular weight excluding hydrogens is 330 g/mol. The van der Waals surface area contributed by atoms with Crippen LogP contribution in [0, 0.1) is 0 Å². The van der Waals surface area contributed by atoms with E-state index in [9.17, 15) is 9.59 Å². The van der Waals surface area contributed by atoms with Crippen LogP contribution in [0.5, 0.6) is 0 Å². The molecule has 0 radical (unpaired) electrons. The Bertz CT molecular complexity index is 904. The third kappa shape index (κ3) is 4.64. The summed E-state index contributed by atoms with van der Waals surface area (Å²) >= 11 is 0. The number of para-hydroxylation sites is 2. The van der Waals surface area contributed by atoms with Gasteiger partial charge in [0.25, 0.3) is 5.91 Å². The van der Waals surface area contributed by atoms with Crippen LogP contribution in [0.4, 0.5) is 11.4 Å². The van der Waals surface area contributed by atoms with Gasteiger partial charge in [-0.3, -0.25) is 9.59 Å². The molecule has 2 aromatic carbocycles. The van der Waals surface area contributed by atoms with Crippen molar-refractivity contribution in [3.05, 3.63) is 78.9 Å². The smallest absolute Gasteiger partial charge is 0.293 e. The van der Waals surface area contributed by atoms with Crippen molar-refractivity contribution in [2.75, 3.05) is 10.6 Å². The van der Waals surface area contributed by atoms with Gasteiger partial charge in [-0.15, -0.1) is 0 Å². The number of carbonyl (C=O) groups excluding carboxylic acids is 2. The van der Waals surface area contributed by atoms with Crippen molar-refractivity contribution >= 4 is 29.4 Å². The molecule has 130 valence electrons. The van der Waals surface area contributed by atoms with Gasteiger partial charge in [0, 0.05) is 24.0 Å². The Morgan fingerprint density at radius 1 is 0.923 bits per heavy atom. The van der Waals surface area contributed by atoms with Gasteiger partial charge in [-0.1, -0.05) is 42.5 Å². The van der Waals surface area contributed by atoms with Crippen molar-refractivity contribution in [2.24, 2.45) is 0 Å². The topological polar surface area (TPSA) is 88.9 Å². The Morgan fingerprint density at radius 2 is 1.54 bits per heavy atom. The maximum absolute atomic E-state index is 12.3. The second-order valence-electron chi connectivity index (χ2n) is 5.35. The number of amides is 2. The molecular formula is C19H17N5O2. The lowest BCUT2D eigenvalue weighted by molar-refractivity contribution is -0.115. The average molecular weight is 347 g/mol. The highest BCUT2D eigenvalue weighted by Crippen LogP contribution is 2.08. The van der Waals surface area contributed by atoms with E-state index in [1.165, 1.54) is 17.2 Å². The molecule has 0 saturated carbocycles. The van der Waals surface area contributed by atoms with Gasteiger partial charge >= 0.3 is 0 Å². The molecule has 0 aliphatic carbocycles. The van der Waals surface area contributed by atoms with Crippen LogP contribution in [0.15, 0.2) is 73.1 Å². The largest absolute Gasteiger partial charge is 0.326 e. The monoisotopic (exact) mass is 347 g/mol. The van der Waals surface area contributed by atoms with Crippen molar-refractivity contribution in [1.29, 1.82) is 0 Å². The molecule has 0 saturated heterocycles. The van der Waals surface area contributed by atoms with E-state index in [1.54, 1.807) is 18.2 Å². The third-order valence-electron chi connectivity index (χ3n) is 3.42. The highest BCUT2D eigenvalue weighted by molar-refractivity contribution is 6.02. The fourth-order valence-corrected chi connectivity index (χ4v) is 2.22. The lowest BCUT2D eigenvalue weighted by Gasteiger charge is -2.04. The van der Waals surface area contributed by atoms with E-state index in [2.05, 4.69) is 20.7 Å². The van der Waals surface area contributed by atoms with Crippen LogP contribution in [0.25, 0.3) is 6.20 Å². The second kappa shape index (κ2) is 8.39. The summed E-state index contributed by atoms with van der Waals surface area (Å²) in [5.41, 5.74) is 1.40. The first-order valence-electron chi connectivity index (χ1n) is 8.00. The molecule has 0 fully saturated rings. The van der Waals surface area contributed by atoms with E-state index in [-0.39, 0.29) is 24.1 Å². The summed E-state index contributed by atoms with van der Waals surface area (Å²) in [6, 6.07) is 18.3. The van der Waals surface area contributed by atoms with Gasteiger partial charge in [0.1, 0.15) is 6.33 Å². The van der Waals surface area contributed by atoms with E-state index in [0.29, 0.717) is 5.69 Å². The number of benzene rings is 2. The number of hydrogen-bond donors (Lipinski definition) is 2. The predicted molar refractivity (Wildman–Crippen MR) is 99.4 cm³/mol. The minimum absolute atomic E-state index is 0.133. The SMILES string of the molecule is O=C(CC=Cn1ncnc1C(=O)Nc1ccccc1)Nc1ccccc1. The third-order valence-corrected chi connectivity index (χ3v) is 3.42. The molecule has 1 aromatic heterocycles. The zero-order chi connectivity index (χ0) is 18.2. The molecule has 26 heavy (non-hydrogen) atoms. The Kier molecular flexibility index (Phi) is 5.51. The number of rotatable bonds is 6. The lowest BCUT2D eigenvalue weighted by Crippen LogP contribution is -2.17. The Morgan fingerprint density at radius 3 is 2.19 bits per heavy atom. The van der Waals surface area contributed by atoms with Crippen LogP contribution in [-0.4, -0.2) is 26.6 Å². The molecule has 7 heteroatoms. The van der Waals surface area contributed by atoms with Gasteiger partial charge in [-0.25, -0.2) is 9.67 Å². The fourth-order valence-electron chi connectivity index (χ4n) is 2.22. The van der Waals surface area contributed by atoms with Crippen molar-refractivity contribution in [2.45, 2.75) is 6.42 Å². The van der Waals surface area contributed by atoms with Crippen LogP contribution in [-0.2, 0) is 4.79 Å². The first-order valence-corrected chi connectivity index (χ1v) is 8.00. The highest BCUT2D eigenvalue weighted by atomic mass is 16.2. The van der Waals surface area contributed by atoms with Crippen LogP contribution in [0.1, 0.15) is 17.0 Å². The number of hydrogen-bond acceptors (Lipinski definition) is 4. The molecule has 2 N–H and O–H groups in total. The Labute approximate surface area is 150 Å². The van der Waals surface area contributed by atoms with Gasteiger partial charge in [0.05, 0.1) is 0 Å². The molecule has 2 amide bonds. The fraction of sp³-hybridized carbons (Fsp3) is 0.0526. The zero-order valence-corrected chi connectivity index (χ0v) is 13.9. The number of carbonyl (C=O) groups is 2. The first-order chi connectivity index (χ1) is 12.7. The van der Waals surface area contributed by atoms with Crippen LogP contribution >= 0.6 is 0 Å². The van der Waals surface area contributed by atoms with Crippen molar-refractivity contribution < 1.29 is 9.59 Å². The normalized spacial score (nSPS) is 10.6. The van der Waals surface area contributed by atoms with E-state index in [0.717, 1.165) is 5.69 Å². The number of aromatic nitrogens is 3. The first kappa shape index (κ1) is 17.1. The summed E-state index contributed by atoms with van der Waals surface area (Å²) in [6.45, 7) is 0. The molecule has 1 heterocycles. The lowest BCUT2D eigenvalue weighted by atomic mass is 10.3. The summed E-state index contributed by atoms with van der Waals surface area (Å²) < 4.78 is 1.33. The highest BCUT2D eigenvalue weighted by Gasteiger charge is 2.12. The molecule has 0 aliphatic heterocycles. The minimum Gasteiger partial charge on any atom is -0.326 e. The van der Waals surface area contributed by atoms with Gasteiger partial charge in [0.2, 0.25) is 11.7 Å². The maximum atomic E-state index is 12.3. The molecule has 0 atom stereocenters. The van der Waals surface area contributed by atoms with E-state index >= 15 is 0 Å². The van der Waals surface area contributed by atoms with Crippen molar-refractivity contribution in [3.63, 3.8) is 0 Å². The molecule has 0 unspecified atom stereocenters. The second-order valence-corrected chi connectivity index (χ2v) is 5.35. The molecule has 0 spiro atoms. The van der Waals surface area contributed by atoms with Gasteiger partial charge < -0.3 is 10.6 Å². The standard InChI is InChI=1S/C19H17N5O2/c25-17(22-15-8-3-1-4-9-15)12-7-13-24-18(20-14-21-24)19(26)23-16-10-5-2-6-11-16/h1-11,13-14H,12H2,(H,22,25)(H,23,26). The van der Waals surface area contributed by atoms with Gasteiger partial charge in [0.15, 0.2) is 0 Å². The maximum Gasteiger partial charge on any atom is 0.293 e. The summed E-state index contributed by atoms with van der Waals surface area (Å²) in [5.74, 6) is -0.413. The molecule has 7 nitrogen and oxygen atoms in total. The molecule has 3 rings (SSSR count). The number of nitrogens with one attached hydrogen (secondary N) is 2. The summed E-state index contributed by atoms with van der Waals surface area (Å²) in [7, 11) is 0.